The van der Waals surface area contributed by atoms with Crippen LogP contribution in [0.4, 0.5) is 0 Å². The molecule has 0 bridgehead atoms. The average Bonchev–Trinajstić information content (AvgIpc) is 2.60. The van der Waals surface area contributed by atoms with E-state index in [4.69, 9.17) is 19.9 Å². The van der Waals surface area contributed by atoms with Crippen molar-refractivity contribution in [3.63, 3.8) is 0 Å². The van der Waals surface area contributed by atoms with Crippen LogP contribution in [0.1, 0.15) is 24.8 Å². The lowest BCUT2D eigenvalue weighted by Gasteiger charge is -2.27. The highest BCUT2D eigenvalue weighted by Gasteiger charge is 2.37. The van der Waals surface area contributed by atoms with Crippen LogP contribution in [-0.2, 0) is 14.3 Å². The summed E-state index contributed by atoms with van der Waals surface area (Å²) in [7, 11) is 2.66. The van der Waals surface area contributed by atoms with Gasteiger partial charge in [0.1, 0.15) is 17.4 Å². The van der Waals surface area contributed by atoms with Crippen LogP contribution in [0.15, 0.2) is 41.0 Å². The number of phenolic OH excluding ortho intramolecular Hbond substituents is 1. The number of nitrogens with zero attached hydrogens (tertiary/aromatic N) is 1. The molecular weight excluding hydrogens is 312 g/mol. The molecule has 24 heavy (non-hydrogen) atoms. The second kappa shape index (κ2) is 6.96. The van der Waals surface area contributed by atoms with E-state index in [0.717, 1.165) is 0 Å². The topological polar surface area (TPSA) is 115 Å². The number of allylic oxidation sites excluding steroid dienone is 2. The van der Waals surface area contributed by atoms with Gasteiger partial charge in [0.2, 0.25) is 5.88 Å². The molecule has 0 saturated heterocycles. The predicted molar refractivity (Wildman–Crippen MR) is 84.6 cm³/mol. The van der Waals surface area contributed by atoms with Crippen molar-refractivity contribution < 1.29 is 24.1 Å². The number of nitrogens with two attached hydrogens (primary N) is 1. The van der Waals surface area contributed by atoms with E-state index in [9.17, 15) is 15.2 Å². The number of ether oxygens (including phenoxy) is 3. The Morgan fingerprint density at radius 2 is 2.17 bits per heavy atom. The number of nitriles is 1. The molecule has 1 heterocycles. The fourth-order valence-corrected chi connectivity index (χ4v) is 2.62. The van der Waals surface area contributed by atoms with Gasteiger partial charge in [0, 0.05) is 6.42 Å². The minimum Gasteiger partial charge on any atom is -0.504 e. The zero-order valence-electron chi connectivity index (χ0n) is 13.6. The largest absolute Gasteiger partial charge is 0.504 e. The van der Waals surface area contributed by atoms with Gasteiger partial charge in [-0.05, 0) is 17.7 Å². The number of esters is 1. The lowest BCUT2D eigenvalue weighted by molar-refractivity contribution is -0.136. The minimum absolute atomic E-state index is 0.0527. The van der Waals surface area contributed by atoms with Gasteiger partial charge >= 0.3 is 5.97 Å². The van der Waals surface area contributed by atoms with Crippen LogP contribution in [0, 0.1) is 11.3 Å². The van der Waals surface area contributed by atoms with Crippen LogP contribution in [0.3, 0.4) is 0 Å². The van der Waals surface area contributed by atoms with Gasteiger partial charge in [0.05, 0.1) is 25.7 Å². The standard InChI is InChI=1S/C17H18N2O5/c1-4-12-15(17(21)23-3)14(10(8-18)16(19)24-12)9-5-6-11(20)13(7-9)22-2/h5-7,14,20H,4,19H2,1-3H3. The molecule has 2 rings (SSSR count). The maximum absolute atomic E-state index is 12.3. The van der Waals surface area contributed by atoms with Gasteiger partial charge in [-0.1, -0.05) is 13.0 Å². The van der Waals surface area contributed by atoms with Crippen LogP contribution in [0.5, 0.6) is 11.5 Å². The van der Waals surface area contributed by atoms with Gasteiger partial charge < -0.3 is 25.1 Å². The second-order valence-electron chi connectivity index (χ2n) is 5.04. The predicted octanol–water partition coefficient (Wildman–Crippen LogP) is 2.05. The molecule has 1 aliphatic rings. The lowest BCUT2D eigenvalue weighted by atomic mass is 9.82. The van der Waals surface area contributed by atoms with Crippen molar-refractivity contribution in [1.82, 2.24) is 0 Å². The molecule has 3 N–H and O–H groups in total. The van der Waals surface area contributed by atoms with Crippen molar-refractivity contribution in [3.8, 4) is 17.6 Å². The van der Waals surface area contributed by atoms with Gasteiger partial charge in [-0.25, -0.2) is 4.79 Å². The maximum Gasteiger partial charge on any atom is 0.338 e. The zero-order valence-corrected chi connectivity index (χ0v) is 13.6. The van der Waals surface area contributed by atoms with Gasteiger partial charge in [-0.2, -0.15) is 5.26 Å². The first-order valence-corrected chi connectivity index (χ1v) is 7.24. The molecule has 1 aromatic rings. The monoisotopic (exact) mass is 330 g/mol. The molecule has 0 aromatic heterocycles. The number of rotatable bonds is 4. The molecule has 7 nitrogen and oxygen atoms in total. The van der Waals surface area contributed by atoms with Gasteiger partial charge in [0.15, 0.2) is 11.5 Å². The molecular formula is C17H18N2O5. The Morgan fingerprint density at radius 3 is 2.71 bits per heavy atom. The zero-order chi connectivity index (χ0) is 17.9. The number of carbonyl (C=O) groups is 1. The first kappa shape index (κ1) is 17.2. The molecule has 0 fully saturated rings. The number of hydrogen-bond donors (Lipinski definition) is 2. The normalized spacial score (nSPS) is 17.2. The average molecular weight is 330 g/mol. The van der Waals surface area contributed by atoms with Crippen LogP contribution >= 0.6 is 0 Å². The van der Waals surface area contributed by atoms with E-state index < -0.39 is 11.9 Å². The maximum atomic E-state index is 12.3. The highest BCUT2D eigenvalue weighted by Crippen LogP contribution is 2.42. The number of aromatic hydroxyl groups is 1. The molecule has 0 spiro atoms. The third kappa shape index (κ3) is 2.86. The van der Waals surface area contributed by atoms with Crippen molar-refractivity contribution in [3.05, 3.63) is 46.6 Å². The fraction of sp³-hybridized carbons (Fsp3) is 0.294. The van der Waals surface area contributed by atoms with Crippen molar-refractivity contribution >= 4 is 5.97 Å². The summed E-state index contributed by atoms with van der Waals surface area (Å²) in [5.41, 5.74) is 6.71. The highest BCUT2D eigenvalue weighted by molar-refractivity contribution is 5.92. The number of benzene rings is 1. The van der Waals surface area contributed by atoms with E-state index in [2.05, 4.69) is 0 Å². The molecule has 1 aromatic carbocycles. The molecule has 0 aliphatic carbocycles. The molecule has 0 radical (unpaired) electrons. The summed E-state index contributed by atoms with van der Waals surface area (Å²) in [5, 5.41) is 19.3. The van der Waals surface area contributed by atoms with Gasteiger partial charge in [0.25, 0.3) is 0 Å². The van der Waals surface area contributed by atoms with Gasteiger partial charge in [-0.3, -0.25) is 0 Å². The molecule has 7 heteroatoms. The summed E-state index contributed by atoms with van der Waals surface area (Å²) < 4.78 is 15.4. The molecule has 1 aliphatic heterocycles. The van der Waals surface area contributed by atoms with Crippen molar-refractivity contribution in [2.45, 2.75) is 19.3 Å². The number of phenols is 1. The number of hydrogen-bond acceptors (Lipinski definition) is 7. The number of methoxy groups -OCH3 is 2. The quantitative estimate of drug-likeness (QED) is 0.812. The first-order chi connectivity index (χ1) is 11.5. The Kier molecular flexibility index (Phi) is 4.99. The van der Waals surface area contributed by atoms with Crippen LogP contribution in [-0.4, -0.2) is 25.3 Å². The van der Waals surface area contributed by atoms with E-state index in [1.165, 1.54) is 20.3 Å². The van der Waals surface area contributed by atoms with E-state index in [1.54, 1.807) is 19.1 Å². The summed E-state index contributed by atoms with van der Waals surface area (Å²) in [6, 6.07) is 6.56. The lowest BCUT2D eigenvalue weighted by Crippen LogP contribution is -2.25. The van der Waals surface area contributed by atoms with Crippen LogP contribution in [0.25, 0.3) is 0 Å². The Morgan fingerprint density at radius 1 is 1.46 bits per heavy atom. The van der Waals surface area contributed by atoms with Crippen molar-refractivity contribution in [2.75, 3.05) is 14.2 Å². The van der Waals surface area contributed by atoms with E-state index >= 15 is 0 Å². The summed E-state index contributed by atoms with van der Waals surface area (Å²) in [6.45, 7) is 1.80. The van der Waals surface area contributed by atoms with Crippen molar-refractivity contribution in [2.24, 2.45) is 5.73 Å². The summed E-state index contributed by atoms with van der Waals surface area (Å²) in [4.78, 5) is 12.3. The second-order valence-corrected chi connectivity index (χ2v) is 5.04. The third-order valence-electron chi connectivity index (χ3n) is 3.76. The van der Waals surface area contributed by atoms with Gasteiger partial charge in [-0.15, -0.1) is 0 Å². The smallest absolute Gasteiger partial charge is 0.338 e. The third-order valence-corrected chi connectivity index (χ3v) is 3.76. The molecule has 0 saturated carbocycles. The highest BCUT2D eigenvalue weighted by atomic mass is 16.5. The summed E-state index contributed by atoms with van der Waals surface area (Å²) in [5.74, 6) is -0.917. The fourth-order valence-electron chi connectivity index (χ4n) is 2.62. The SMILES string of the molecule is CCC1=C(C(=O)OC)C(c2ccc(O)c(OC)c2)C(C#N)=C(N)O1. The Labute approximate surface area is 139 Å². The molecule has 0 amide bonds. The van der Waals surface area contributed by atoms with E-state index in [1.807, 2.05) is 6.07 Å². The van der Waals surface area contributed by atoms with E-state index in [0.29, 0.717) is 17.7 Å². The first-order valence-electron chi connectivity index (χ1n) is 7.24. The molecule has 1 atom stereocenters. The Balaban J connectivity index is 2.71. The molecule has 126 valence electrons. The van der Waals surface area contributed by atoms with Crippen molar-refractivity contribution in [1.29, 1.82) is 5.26 Å². The summed E-state index contributed by atoms with van der Waals surface area (Å²) >= 11 is 0. The minimum atomic E-state index is -0.763. The Hall–Kier alpha value is -3.14. The summed E-state index contributed by atoms with van der Waals surface area (Å²) in [6.07, 6.45) is 0.398. The molecule has 1 unspecified atom stereocenters. The Bertz CT molecular complexity index is 774. The van der Waals surface area contributed by atoms with Crippen LogP contribution in [0.2, 0.25) is 0 Å². The van der Waals surface area contributed by atoms with E-state index in [-0.39, 0.29) is 28.5 Å². The number of carbonyl (C=O) groups excluding carboxylic acids is 1. The van der Waals surface area contributed by atoms with Crippen LogP contribution < -0.4 is 10.5 Å².